The van der Waals surface area contributed by atoms with E-state index in [1.165, 1.54) is 0 Å². The smallest absolute Gasteiger partial charge is 0.220 e. The van der Waals surface area contributed by atoms with Crippen molar-refractivity contribution in [1.82, 2.24) is 15.6 Å². The summed E-state index contributed by atoms with van der Waals surface area (Å²) in [5, 5.41) is 6.89. The molecule has 7 heteroatoms. The summed E-state index contributed by atoms with van der Waals surface area (Å²) in [6.07, 6.45) is 2.65. The predicted octanol–water partition coefficient (Wildman–Crippen LogP) is 3.73. The number of nitrogens with zero attached hydrogens (tertiary/aromatic N) is 1. The average Bonchev–Trinajstić information content (AvgIpc) is 3.21. The van der Waals surface area contributed by atoms with E-state index in [2.05, 4.69) is 15.6 Å². The second kappa shape index (κ2) is 9.22. The Balaban J connectivity index is 0.00000225. The number of aromatic nitrogens is 1. The maximum absolute atomic E-state index is 12.0. The molecule has 25 heavy (non-hydrogen) atoms. The number of benzene rings is 1. The van der Waals surface area contributed by atoms with Crippen LogP contribution in [0.3, 0.4) is 0 Å². The molecule has 1 aliphatic rings. The molecule has 0 spiro atoms. The van der Waals surface area contributed by atoms with Crippen LogP contribution >= 0.6 is 24.0 Å². The fourth-order valence-electron chi connectivity index (χ4n) is 2.96. The third kappa shape index (κ3) is 5.46. The molecule has 1 amide bonds. The normalized spacial score (nSPS) is 16.5. The minimum Gasteiger partial charge on any atom is -0.438 e. The molecule has 1 unspecified atom stereocenters. The van der Waals surface area contributed by atoms with E-state index >= 15 is 0 Å². The molecule has 1 atom stereocenters. The zero-order chi connectivity index (χ0) is 16.9. The number of nitrogens with one attached hydrogen (secondary N) is 2. The van der Waals surface area contributed by atoms with Crippen molar-refractivity contribution in [3.8, 4) is 11.3 Å². The van der Waals surface area contributed by atoms with Gasteiger partial charge in [0.1, 0.15) is 0 Å². The van der Waals surface area contributed by atoms with E-state index in [1.807, 2.05) is 31.2 Å². The molecule has 3 rings (SSSR count). The molecule has 0 aliphatic carbocycles. The van der Waals surface area contributed by atoms with Crippen molar-refractivity contribution in [2.24, 2.45) is 5.92 Å². The first-order valence-corrected chi connectivity index (χ1v) is 8.69. The topological polar surface area (TPSA) is 67.2 Å². The zero-order valence-corrected chi connectivity index (χ0v) is 15.8. The summed E-state index contributed by atoms with van der Waals surface area (Å²) in [5.74, 6) is 1.91. The SMILES string of the molecule is Cc1nc(CNC(=O)CCC2CCNC2)oc1-c1ccc(Cl)cc1.Cl. The third-order valence-corrected chi connectivity index (χ3v) is 4.58. The van der Waals surface area contributed by atoms with Gasteiger partial charge in [0.05, 0.1) is 12.2 Å². The largest absolute Gasteiger partial charge is 0.438 e. The van der Waals surface area contributed by atoms with Crippen LogP contribution in [0.4, 0.5) is 0 Å². The Labute approximate surface area is 158 Å². The van der Waals surface area contributed by atoms with Gasteiger partial charge in [-0.15, -0.1) is 12.4 Å². The summed E-state index contributed by atoms with van der Waals surface area (Å²) >= 11 is 5.91. The quantitative estimate of drug-likeness (QED) is 0.797. The van der Waals surface area contributed by atoms with Crippen molar-refractivity contribution in [3.05, 3.63) is 40.9 Å². The van der Waals surface area contributed by atoms with E-state index in [4.69, 9.17) is 16.0 Å². The van der Waals surface area contributed by atoms with Gasteiger partial charge in [0.15, 0.2) is 5.76 Å². The number of carbonyl (C=O) groups excluding carboxylic acids is 1. The summed E-state index contributed by atoms with van der Waals surface area (Å²) < 4.78 is 5.79. The van der Waals surface area contributed by atoms with Gasteiger partial charge < -0.3 is 15.1 Å². The molecule has 0 bridgehead atoms. The van der Waals surface area contributed by atoms with Gasteiger partial charge in [-0.25, -0.2) is 4.98 Å². The highest BCUT2D eigenvalue weighted by atomic mass is 35.5. The lowest BCUT2D eigenvalue weighted by molar-refractivity contribution is -0.121. The number of amides is 1. The maximum Gasteiger partial charge on any atom is 0.220 e. The molecular weight excluding hydrogens is 361 g/mol. The Morgan fingerprint density at radius 3 is 2.84 bits per heavy atom. The lowest BCUT2D eigenvalue weighted by Crippen LogP contribution is -2.23. The molecule has 1 fully saturated rings. The minimum atomic E-state index is 0. The molecule has 1 aromatic carbocycles. The molecule has 0 radical (unpaired) electrons. The molecule has 2 heterocycles. The lowest BCUT2D eigenvalue weighted by atomic mass is 10.0. The molecular formula is C18H23Cl2N3O2. The van der Waals surface area contributed by atoms with Gasteiger partial charge in [-0.1, -0.05) is 11.6 Å². The van der Waals surface area contributed by atoms with Crippen LogP contribution in [-0.4, -0.2) is 24.0 Å². The first-order valence-electron chi connectivity index (χ1n) is 8.31. The van der Waals surface area contributed by atoms with Gasteiger partial charge in [-0.3, -0.25) is 4.79 Å². The Morgan fingerprint density at radius 1 is 1.40 bits per heavy atom. The van der Waals surface area contributed by atoms with Gasteiger partial charge in [-0.2, -0.15) is 0 Å². The molecule has 1 aromatic heterocycles. The van der Waals surface area contributed by atoms with Crippen LogP contribution in [0.2, 0.25) is 5.02 Å². The van der Waals surface area contributed by atoms with Crippen LogP contribution in [0, 0.1) is 12.8 Å². The van der Waals surface area contributed by atoms with Crippen molar-refractivity contribution < 1.29 is 9.21 Å². The standard InChI is InChI=1S/C18H22ClN3O2.ClH/c1-12-18(14-3-5-15(19)6-4-14)24-17(22-12)11-21-16(23)7-2-13-8-9-20-10-13;/h3-6,13,20H,2,7-11H2,1H3,(H,21,23);1H. The highest BCUT2D eigenvalue weighted by Crippen LogP contribution is 2.25. The summed E-state index contributed by atoms with van der Waals surface area (Å²) in [4.78, 5) is 16.4. The molecule has 136 valence electrons. The van der Waals surface area contributed by atoms with Crippen LogP contribution in [0.5, 0.6) is 0 Å². The number of halogens is 2. The second-order valence-corrected chi connectivity index (χ2v) is 6.64. The number of rotatable bonds is 6. The van der Waals surface area contributed by atoms with Crippen LogP contribution < -0.4 is 10.6 Å². The van der Waals surface area contributed by atoms with Crippen LogP contribution in [0.15, 0.2) is 28.7 Å². The Kier molecular flexibility index (Phi) is 7.29. The van der Waals surface area contributed by atoms with Gasteiger partial charge >= 0.3 is 0 Å². The maximum atomic E-state index is 12.0. The lowest BCUT2D eigenvalue weighted by Gasteiger charge is -2.07. The van der Waals surface area contributed by atoms with Crippen molar-refractivity contribution >= 4 is 29.9 Å². The molecule has 2 N–H and O–H groups in total. The molecule has 1 saturated heterocycles. The number of carbonyl (C=O) groups is 1. The van der Waals surface area contributed by atoms with Gasteiger partial charge in [0.25, 0.3) is 0 Å². The van der Waals surface area contributed by atoms with E-state index in [0.29, 0.717) is 35.6 Å². The van der Waals surface area contributed by atoms with Crippen LogP contribution in [0.25, 0.3) is 11.3 Å². The molecule has 2 aromatic rings. The number of hydrogen-bond donors (Lipinski definition) is 2. The third-order valence-electron chi connectivity index (χ3n) is 4.33. The first-order chi connectivity index (χ1) is 11.6. The first kappa shape index (κ1) is 19.8. The summed E-state index contributed by atoms with van der Waals surface area (Å²) in [6, 6.07) is 7.43. The molecule has 5 nitrogen and oxygen atoms in total. The van der Waals surface area contributed by atoms with Crippen LogP contribution in [0.1, 0.15) is 30.8 Å². The van der Waals surface area contributed by atoms with E-state index in [0.717, 1.165) is 37.2 Å². The molecule has 1 aliphatic heterocycles. The van der Waals surface area contributed by atoms with Gasteiger partial charge in [-0.05, 0) is 63.0 Å². The van der Waals surface area contributed by atoms with Crippen molar-refractivity contribution in [2.45, 2.75) is 32.7 Å². The second-order valence-electron chi connectivity index (χ2n) is 6.20. The number of aryl methyl sites for hydroxylation is 1. The Hall–Kier alpha value is -1.56. The number of hydrogen-bond acceptors (Lipinski definition) is 4. The highest BCUT2D eigenvalue weighted by Gasteiger charge is 2.16. The van der Waals surface area contributed by atoms with E-state index < -0.39 is 0 Å². The van der Waals surface area contributed by atoms with Crippen molar-refractivity contribution in [1.29, 1.82) is 0 Å². The average molecular weight is 384 g/mol. The summed E-state index contributed by atoms with van der Waals surface area (Å²) in [7, 11) is 0. The van der Waals surface area contributed by atoms with Gasteiger partial charge in [0.2, 0.25) is 11.8 Å². The number of oxazole rings is 1. The monoisotopic (exact) mass is 383 g/mol. The van der Waals surface area contributed by atoms with Crippen molar-refractivity contribution in [2.75, 3.05) is 13.1 Å². The fraction of sp³-hybridized carbons (Fsp3) is 0.444. The Morgan fingerprint density at radius 2 is 2.16 bits per heavy atom. The fourth-order valence-corrected chi connectivity index (χ4v) is 3.08. The minimum absolute atomic E-state index is 0. The predicted molar refractivity (Wildman–Crippen MR) is 101 cm³/mol. The van der Waals surface area contributed by atoms with Gasteiger partial charge in [0, 0.05) is 17.0 Å². The zero-order valence-electron chi connectivity index (χ0n) is 14.2. The highest BCUT2D eigenvalue weighted by molar-refractivity contribution is 6.30. The van der Waals surface area contributed by atoms with E-state index in [-0.39, 0.29) is 18.3 Å². The van der Waals surface area contributed by atoms with E-state index in [1.54, 1.807) is 0 Å². The van der Waals surface area contributed by atoms with Crippen molar-refractivity contribution in [3.63, 3.8) is 0 Å². The molecule has 0 saturated carbocycles. The summed E-state index contributed by atoms with van der Waals surface area (Å²) in [5.41, 5.74) is 1.73. The summed E-state index contributed by atoms with van der Waals surface area (Å²) in [6.45, 7) is 4.30. The van der Waals surface area contributed by atoms with Crippen LogP contribution in [-0.2, 0) is 11.3 Å². The Bertz CT molecular complexity index is 695. The van der Waals surface area contributed by atoms with E-state index in [9.17, 15) is 4.79 Å².